The summed E-state index contributed by atoms with van der Waals surface area (Å²) in [6.07, 6.45) is 5.12. The van der Waals surface area contributed by atoms with Gasteiger partial charge in [-0.25, -0.2) is 4.79 Å². The van der Waals surface area contributed by atoms with Crippen LogP contribution in [-0.4, -0.2) is 22.3 Å². The molecule has 5 atom stereocenters. The van der Waals surface area contributed by atoms with Gasteiger partial charge in [0.1, 0.15) is 5.60 Å². The lowest BCUT2D eigenvalue weighted by Crippen LogP contribution is -2.71. The van der Waals surface area contributed by atoms with Crippen LogP contribution in [0.3, 0.4) is 0 Å². The topological polar surface area (TPSA) is 46.5 Å². The molecule has 0 radical (unpaired) electrons. The Hall–Kier alpha value is -1.09. The Morgan fingerprint density at radius 1 is 1.71 bits per heavy atom. The van der Waals surface area contributed by atoms with Crippen molar-refractivity contribution in [2.75, 3.05) is 0 Å². The molecule has 3 heteroatoms. The van der Waals surface area contributed by atoms with Crippen LogP contribution >= 0.6 is 0 Å². The molecule has 0 amide bonds. The molecule has 0 aliphatic heterocycles. The molecular formula is C14H18O3. The van der Waals surface area contributed by atoms with Gasteiger partial charge in [0, 0.05) is 17.9 Å². The Morgan fingerprint density at radius 3 is 3.00 bits per heavy atom. The van der Waals surface area contributed by atoms with Crippen molar-refractivity contribution < 1.29 is 14.6 Å². The van der Waals surface area contributed by atoms with E-state index in [1.165, 1.54) is 11.6 Å². The summed E-state index contributed by atoms with van der Waals surface area (Å²) in [5.74, 6) is 0.558. The molecule has 0 saturated heterocycles. The third-order valence-electron chi connectivity index (χ3n) is 5.02. The average Bonchev–Trinajstić information content (AvgIpc) is 2.22. The highest BCUT2D eigenvalue weighted by Crippen LogP contribution is 2.68. The van der Waals surface area contributed by atoms with Gasteiger partial charge in [0.05, 0.1) is 5.60 Å². The first kappa shape index (κ1) is 11.0. The van der Waals surface area contributed by atoms with Crippen molar-refractivity contribution >= 4 is 5.97 Å². The zero-order valence-electron chi connectivity index (χ0n) is 10.3. The summed E-state index contributed by atoms with van der Waals surface area (Å²) in [4.78, 5) is 11.5. The van der Waals surface area contributed by atoms with Crippen LogP contribution in [0.2, 0.25) is 0 Å². The smallest absolute Gasteiger partial charge is 0.330 e. The van der Waals surface area contributed by atoms with Crippen molar-refractivity contribution in [1.29, 1.82) is 0 Å². The van der Waals surface area contributed by atoms with E-state index < -0.39 is 11.2 Å². The Labute approximate surface area is 101 Å². The van der Waals surface area contributed by atoms with Gasteiger partial charge in [0.25, 0.3) is 0 Å². The summed E-state index contributed by atoms with van der Waals surface area (Å²) in [7, 11) is 0. The van der Waals surface area contributed by atoms with Gasteiger partial charge in [0.15, 0.2) is 0 Å². The zero-order valence-corrected chi connectivity index (χ0v) is 10.3. The molecule has 0 aromatic heterocycles. The number of rotatable bonds is 2. The molecule has 92 valence electrons. The third kappa shape index (κ3) is 1.18. The largest absolute Gasteiger partial charge is 0.455 e. The summed E-state index contributed by atoms with van der Waals surface area (Å²) in [5.41, 5.74) is -0.0957. The van der Waals surface area contributed by atoms with Crippen molar-refractivity contribution in [2.24, 2.45) is 17.8 Å². The summed E-state index contributed by atoms with van der Waals surface area (Å²) >= 11 is 0. The maximum absolute atomic E-state index is 11.5. The van der Waals surface area contributed by atoms with Crippen LogP contribution in [0.4, 0.5) is 0 Å². The molecule has 3 aliphatic rings. The fraction of sp³-hybridized carbons (Fsp3) is 0.643. The van der Waals surface area contributed by atoms with Crippen LogP contribution in [0.1, 0.15) is 26.7 Å². The second-order valence-corrected chi connectivity index (χ2v) is 5.89. The van der Waals surface area contributed by atoms with E-state index in [1.54, 1.807) is 6.92 Å². The Morgan fingerprint density at radius 2 is 2.41 bits per heavy atom. The monoisotopic (exact) mass is 234 g/mol. The van der Waals surface area contributed by atoms with Crippen LogP contribution in [0, 0.1) is 17.8 Å². The number of carbonyl (C=O) groups excluding carboxylic acids is 1. The van der Waals surface area contributed by atoms with Crippen molar-refractivity contribution in [1.82, 2.24) is 0 Å². The number of esters is 1. The Kier molecular flexibility index (Phi) is 1.96. The molecule has 2 fully saturated rings. The predicted octanol–water partition coefficient (Wildman–Crippen LogP) is 1.82. The number of aliphatic hydroxyl groups is 1. The van der Waals surface area contributed by atoms with Gasteiger partial charge < -0.3 is 9.84 Å². The SMILES string of the molecule is C=CC(=O)OC12CC3CC(=CC(C)(O)C1C)C32. The summed E-state index contributed by atoms with van der Waals surface area (Å²) in [6, 6.07) is 0. The highest BCUT2D eigenvalue weighted by molar-refractivity contribution is 5.82. The lowest BCUT2D eigenvalue weighted by atomic mass is 9.41. The molecule has 1 N–H and O–H groups in total. The van der Waals surface area contributed by atoms with Gasteiger partial charge in [-0.05, 0) is 25.7 Å². The molecule has 0 aromatic rings. The molecule has 3 rings (SSSR count). The van der Waals surface area contributed by atoms with Crippen LogP contribution in [-0.2, 0) is 9.53 Å². The van der Waals surface area contributed by atoms with Crippen molar-refractivity contribution in [3.8, 4) is 0 Å². The first-order valence-electron chi connectivity index (χ1n) is 6.20. The van der Waals surface area contributed by atoms with Crippen molar-refractivity contribution in [3.63, 3.8) is 0 Å². The molecule has 17 heavy (non-hydrogen) atoms. The molecule has 5 unspecified atom stereocenters. The maximum Gasteiger partial charge on any atom is 0.330 e. The minimum atomic E-state index is -0.876. The van der Waals surface area contributed by atoms with E-state index in [9.17, 15) is 9.90 Å². The molecule has 0 bridgehead atoms. The van der Waals surface area contributed by atoms with E-state index in [1.807, 2.05) is 13.0 Å². The number of hydrogen-bond donors (Lipinski definition) is 1. The molecule has 0 aromatic carbocycles. The minimum absolute atomic E-state index is 0.0656. The second kappa shape index (κ2) is 3.02. The quantitative estimate of drug-likeness (QED) is 0.450. The van der Waals surface area contributed by atoms with E-state index in [0.717, 1.165) is 12.8 Å². The van der Waals surface area contributed by atoms with Gasteiger partial charge in [-0.1, -0.05) is 25.2 Å². The highest BCUT2D eigenvalue weighted by atomic mass is 16.6. The van der Waals surface area contributed by atoms with Gasteiger partial charge in [0.2, 0.25) is 0 Å². The Balaban J connectivity index is 1.97. The van der Waals surface area contributed by atoms with Crippen LogP contribution in [0.25, 0.3) is 0 Å². The molecule has 0 heterocycles. The summed E-state index contributed by atoms with van der Waals surface area (Å²) < 4.78 is 5.62. The second-order valence-electron chi connectivity index (χ2n) is 5.89. The number of hydrogen-bond acceptors (Lipinski definition) is 3. The summed E-state index contributed by atoms with van der Waals surface area (Å²) in [6.45, 7) is 7.22. The van der Waals surface area contributed by atoms with Crippen LogP contribution < -0.4 is 0 Å². The number of carbonyl (C=O) groups is 1. The van der Waals surface area contributed by atoms with E-state index in [4.69, 9.17) is 4.74 Å². The van der Waals surface area contributed by atoms with E-state index in [-0.39, 0.29) is 11.9 Å². The third-order valence-corrected chi connectivity index (χ3v) is 5.02. The molecule has 3 nitrogen and oxygen atoms in total. The number of ether oxygens (including phenoxy) is 1. The molecule has 3 aliphatic carbocycles. The summed E-state index contributed by atoms with van der Waals surface area (Å²) in [5, 5.41) is 10.4. The molecule has 2 saturated carbocycles. The van der Waals surface area contributed by atoms with E-state index >= 15 is 0 Å². The predicted molar refractivity (Wildman–Crippen MR) is 63.1 cm³/mol. The zero-order chi connectivity index (χ0) is 12.4. The lowest BCUT2D eigenvalue weighted by Gasteiger charge is -2.68. The molecule has 0 spiro atoms. The van der Waals surface area contributed by atoms with E-state index in [0.29, 0.717) is 11.8 Å². The lowest BCUT2D eigenvalue weighted by molar-refractivity contribution is -0.242. The standard InChI is InChI=1S/C14H18O3/c1-4-11(15)17-14-7-10-5-9(12(10)14)6-13(3,16)8(14)2/h4,6,8,10,12,16H,1,5,7H2,2-3H3. The first-order chi connectivity index (χ1) is 7.90. The van der Waals surface area contributed by atoms with Gasteiger partial charge >= 0.3 is 5.97 Å². The fourth-order valence-corrected chi connectivity index (χ4v) is 3.98. The van der Waals surface area contributed by atoms with Gasteiger partial charge in [-0.15, -0.1) is 0 Å². The maximum atomic E-state index is 11.5. The van der Waals surface area contributed by atoms with Crippen LogP contribution in [0.15, 0.2) is 24.3 Å². The van der Waals surface area contributed by atoms with Crippen molar-refractivity contribution in [2.45, 2.75) is 37.9 Å². The normalized spacial score (nSPS) is 50.3. The van der Waals surface area contributed by atoms with Gasteiger partial charge in [-0.3, -0.25) is 0 Å². The minimum Gasteiger partial charge on any atom is -0.455 e. The van der Waals surface area contributed by atoms with Crippen LogP contribution in [0.5, 0.6) is 0 Å². The van der Waals surface area contributed by atoms with Crippen molar-refractivity contribution in [3.05, 3.63) is 24.3 Å². The highest BCUT2D eigenvalue weighted by Gasteiger charge is 2.70. The average molecular weight is 234 g/mol. The molecular weight excluding hydrogens is 216 g/mol. The van der Waals surface area contributed by atoms with E-state index in [2.05, 4.69) is 6.58 Å². The fourth-order valence-electron chi connectivity index (χ4n) is 3.98. The first-order valence-corrected chi connectivity index (χ1v) is 6.20. The van der Waals surface area contributed by atoms with Gasteiger partial charge in [-0.2, -0.15) is 0 Å². The Bertz CT molecular complexity index is 435.